The summed E-state index contributed by atoms with van der Waals surface area (Å²) in [5, 5.41) is 4.93. The van der Waals surface area contributed by atoms with Gasteiger partial charge >= 0.3 is 0 Å². The zero-order valence-electron chi connectivity index (χ0n) is 32.4. The molecule has 0 saturated heterocycles. The summed E-state index contributed by atoms with van der Waals surface area (Å²) in [4.78, 5) is 4.76. The van der Waals surface area contributed by atoms with Crippen LogP contribution in [0.1, 0.15) is 48.9 Å². The first-order chi connectivity index (χ1) is 28.0. The van der Waals surface area contributed by atoms with E-state index in [1.54, 1.807) is 0 Å². The van der Waals surface area contributed by atoms with Gasteiger partial charge in [-0.05, 0) is 135 Å². The van der Waals surface area contributed by atoms with Crippen molar-refractivity contribution >= 4 is 62.1 Å². The molecule has 0 fully saturated rings. The first kappa shape index (κ1) is 34.6. The Kier molecular flexibility index (Phi) is 8.68. The van der Waals surface area contributed by atoms with Gasteiger partial charge in [0.15, 0.2) is 0 Å². The van der Waals surface area contributed by atoms with E-state index in [1.165, 1.54) is 66.4 Å². The molecule has 0 saturated carbocycles. The number of fused-ring (bicyclic) bond motifs is 5. The first-order valence-corrected chi connectivity index (χ1v) is 20.1. The summed E-state index contributed by atoms with van der Waals surface area (Å²) in [7, 11) is 0. The molecule has 0 spiro atoms. The molecule has 2 nitrogen and oxygen atoms in total. The molecule has 0 radical (unpaired) electrons. The first-order valence-electron chi connectivity index (χ1n) is 20.1. The molecule has 0 N–H and O–H groups in total. The van der Waals surface area contributed by atoms with Crippen molar-refractivity contribution in [2.24, 2.45) is 0 Å². The lowest BCUT2D eigenvalue weighted by atomic mass is 9.81. The number of para-hydroxylation sites is 1. The summed E-state index contributed by atoms with van der Waals surface area (Å²) in [6, 6.07) is 64.3. The van der Waals surface area contributed by atoms with Gasteiger partial charge < -0.3 is 9.80 Å². The monoisotopic (exact) mass is 732 g/mol. The molecule has 2 aliphatic carbocycles. The zero-order chi connectivity index (χ0) is 38.3. The highest BCUT2D eigenvalue weighted by Crippen LogP contribution is 2.51. The Morgan fingerprint density at radius 1 is 0.421 bits per heavy atom. The molecule has 10 rings (SSSR count). The van der Waals surface area contributed by atoms with Crippen LogP contribution in [0.3, 0.4) is 0 Å². The highest BCUT2D eigenvalue weighted by atomic mass is 15.1. The average Bonchev–Trinajstić information content (AvgIpc) is 3.49. The number of hydrogen-bond donors (Lipinski definition) is 0. The van der Waals surface area contributed by atoms with Gasteiger partial charge in [-0.2, -0.15) is 0 Å². The molecule has 274 valence electrons. The van der Waals surface area contributed by atoms with E-state index in [-0.39, 0.29) is 5.41 Å². The Morgan fingerprint density at radius 3 is 1.58 bits per heavy atom. The third-order valence-corrected chi connectivity index (χ3v) is 11.8. The summed E-state index contributed by atoms with van der Waals surface area (Å²) < 4.78 is 0. The summed E-state index contributed by atoms with van der Waals surface area (Å²) in [5.41, 5.74) is 14.6. The van der Waals surface area contributed by atoms with Gasteiger partial charge in [0, 0.05) is 39.5 Å². The topological polar surface area (TPSA) is 6.48 Å². The van der Waals surface area contributed by atoms with Crippen LogP contribution in [0.2, 0.25) is 0 Å². The fourth-order valence-electron chi connectivity index (χ4n) is 8.78. The normalized spacial score (nSPS) is 14.1. The van der Waals surface area contributed by atoms with Crippen molar-refractivity contribution in [3.8, 4) is 11.1 Å². The maximum absolute atomic E-state index is 2.42. The Bertz CT molecular complexity index is 2800. The molecule has 0 aliphatic heterocycles. The van der Waals surface area contributed by atoms with Crippen LogP contribution < -0.4 is 9.80 Å². The second kappa shape index (κ2) is 14.3. The number of benzene rings is 8. The molecule has 8 aromatic carbocycles. The minimum Gasteiger partial charge on any atom is -0.311 e. The lowest BCUT2D eigenvalue weighted by Gasteiger charge is -2.29. The summed E-state index contributed by atoms with van der Waals surface area (Å²) >= 11 is 0. The molecule has 2 heteroatoms. The van der Waals surface area contributed by atoms with Gasteiger partial charge in [0.05, 0.1) is 0 Å². The van der Waals surface area contributed by atoms with E-state index in [4.69, 9.17) is 0 Å². The standard InChI is InChI=1S/C55H44N2/c1-55(2)53-35-40(25-33-51(53)52-34-32-50(38-54(52)55)56(45-17-5-3-6-18-45)46-19-7-4-8-20-46)22-21-39-23-28-47(29-24-39)57(48-30-26-41-13-9-11-15-43(41)36-48)49-31-27-42-14-10-12-16-44(42)37-49/h3,5-7,9-38H,4,8H2,1-2H3/b22-21+. The Hall–Kier alpha value is -6.90. The van der Waals surface area contributed by atoms with Gasteiger partial charge in [-0.1, -0.05) is 153 Å². The van der Waals surface area contributed by atoms with E-state index in [9.17, 15) is 0 Å². The molecule has 0 amide bonds. The predicted octanol–water partition coefficient (Wildman–Crippen LogP) is 15.3. The molecule has 0 unspecified atom stereocenters. The van der Waals surface area contributed by atoms with Crippen molar-refractivity contribution in [2.75, 3.05) is 9.80 Å². The molecule has 0 aromatic heterocycles. The highest BCUT2D eigenvalue weighted by molar-refractivity contribution is 5.93. The van der Waals surface area contributed by atoms with Crippen molar-refractivity contribution in [1.82, 2.24) is 0 Å². The van der Waals surface area contributed by atoms with Crippen LogP contribution in [-0.4, -0.2) is 0 Å². The van der Waals surface area contributed by atoms with Gasteiger partial charge in [0.1, 0.15) is 0 Å². The van der Waals surface area contributed by atoms with Crippen molar-refractivity contribution in [1.29, 1.82) is 0 Å². The van der Waals surface area contributed by atoms with Gasteiger partial charge in [-0.15, -0.1) is 0 Å². The second-order valence-electron chi connectivity index (χ2n) is 15.8. The van der Waals surface area contributed by atoms with Crippen LogP contribution in [0.4, 0.5) is 28.4 Å². The van der Waals surface area contributed by atoms with Crippen LogP contribution in [-0.2, 0) is 5.41 Å². The van der Waals surface area contributed by atoms with Crippen LogP contribution in [0, 0.1) is 0 Å². The SMILES string of the molecule is CC1(C)c2cc(/C=C/c3ccc(N(c4ccc5ccccc5c4)c4ccc5ccccc5c4)cc3)ccc2-c2ccc(N(C3=CCCC=C3)c3ccccc3)cc21. The molecule has 0 heterocycles. The van der Waals surface area contributed by atoms with E-state index in [1.807, 2.05) is 0 Å². The van der Waals surface area contributed by atoms with Crippen molar-refractivity contribution in [3.63, 3.8) is 0 Å². The minimum absolute atomic E-state index is 0.139. The van der Waals surface area contributed by atoms with E-state index >= 15 is 0 Å². The summed E-state index contributed by atoms with van der Waals surface area (Å²) in [6.07, 6.45) is 13.6. The Balaban J connectivity index is 0.944. The maximum atomic E-state index is 2.42. The average molecular weight is 733 g/mol. The number of anilines is 5. The largest absolute Gasteiger partial charge is 0.311 e. The van der Waals surface area contributed by atoms with E-state index < -0.39 is 0 Å². The fourth-order valence-corrected chi connectivity index (χ4v) is 8.78. The number of hydrogen-bond acceptors (Lipinski definition) is 2. The molecule has 57 heavy (non-hydrogen) atoms. The lowest BCUT2D eigenvalue weighted by molar-refractivity contribution is 0.660. The molecule has 8 aromatic rings. The van der Waals surface area contributed by atoms with Crippen molar-refractivity contribution in [3.05, 3.63) is 222 Å². The fraction of sp³-hybridized carbons (Fsp3) is 0.0909. The third kappa shape index (κ3) is 6.44. The second-order valence-corrected chi connectivity index (χ2v) is 15.8. The van der Waals surface area contributed by atoms with Crippen LogP contribution in [0.25, 0.3) is 44.8 Å². The van der Waals surface area contributed by atoms with E-state index in [2.05, 4.69) is 230 Å². The van der Waals surface area contributed by atoms with Crippen LogP contribution in [0.5, 0.6) is 0 Å². The van der Waals surface area contributed by atoms with E-state index in [0.29, 0.717) is 0 Å². The maximum Gasteiger partial charge on any atom is 0.0468 e. The van der Waals surface area contributed by atoms with Gasteiger partial charge in [-0.3, -0.25) is 0 Å². The molecular formula is C55H44N2. The molecule has 0 bridgehead atoms. The molecular weight excluding hydrogens is 689 g/mol. The minimum atomic E-state index is -0.139. The smallest absolute Gasteiger partial charge is 0.0468 e. The van der Waals surface area contributed by atoms with Gasteiger partial charge in [0.2, 0.25) is 0 Å². The number of nitrogens with zero attached hydrogens (tertiary/aromatic N) is 2. The summed E-state index contributed by atoms with van der Waals surface area (Å²) in [6.45, 7) is 4.74. The van der Waals surface area contributed by atoms with Crippen molar-refractivity contribution in [2.45, 2.75) is 32.1 Å². The number of rotatable bonds is 8. The molecule has 0 atom stereocenters. The summed E-state index contributed by atoms with van der Waals surface area (Å²) in [5.74, 6) is 0. The van der Waals surface area contributed by atoms with Crippen molar-refractivity contribution < 1.29 is 0 Å². The van der Waals surface area contributed by atoms with Crippen LogP contribution in [0.15, 0.2) is 200 Å². The zero-order valence-corrected chi connectivity index (χ0v) is 32.4. The Labute approximate surface area is 336 Å². The van der Waals surface area contributed by atoms with Gasteiger partial charge in [-0.25, -0.2) is 0 Å². The Morgan fingerprint density at radius 2 is 0.930 bits per heavy atom. The quantitative estimate of drug-likeness (QED) is 0.144. The molecule has 2 aliphatic rings. The van der Waals surface area contributed by atoms with Crippen LogP contribution >= 0.6 is 0 Å². The number of allylic oxidation sites excluding steroid dienone is 3. The lowest BCUT2D eigenvalue weighted by Crippen LogP contribution is -2.19. The van der Waals surface area contributed by atoms with E-state index in [0.717, 1.165) is 35.5 Å². The van der Waals surface area contributed by atoms with Gasteiger partial charge in [0.25, 0.3) is 0 Å². The third-order valence-electron chi connectivity index (χ3n) is 11.8. The highest BCUT2D eigenvalue weighted by Gasteiger charge is 2.36. The predicted molar refractivity (Wildman–Crippen MR) is 244 cm³/mol.